The first-order valence-electron chi connectivity index (χ1n) is 6.59. The zero-order valence-corrected chi connectivity index (χ0v) is 11.2. The van der Waals surface area contributed by atoms with Crippen molar-refractivity contribution in [2.24, 2.45) is 0 Å². The van der Waals surface area contributed by atoms with Crippen molar-refractivity contribution in [2.75, 3.05) is 25.1 Å². The number of hydrogen-bond donors (Lipinski definition) is 1. The van der Waals surface area contributed by atoms with Gasteiger partial charge in [0.1, 0.15) is 5.82 Å². The maximum absolute atomic E-state index is 11.3. The summed E-state index contributed by atoms with van der Waals surface area (Å²) >= 11 is 0. The van der Waals surface area contributed by atoms with E-state index < -0.39 is 5.97 Å². The number of methoxy groups -OCH3 is 1. The Morgan fingerprint density at radius 2 is 2.15 bits per heavy atom. The van der Waals surface area contributed by atoms with Crippen LogP contribution in [-0.2, 0) is 4.74 Å². The first kappa shape index (κ1) is 12.9. The molecule has 1 fully saturated rings. The summed E-state index contributed by atoms with van der Waals surface area (Å²) in [5.74, 6) is -0.110. The molecule has 3 rings (SSSR count). The van der Waals surface area contributed by atoms with Gasteiger partial charge in [0.2, 0.25) is 0 Å². The van der Waals surface area contributed by atoms with Gasteiger partial charge < -0.3 is 14.7 Å². The highest BCUT2D eigenvalue weighted by atomic mass is 16.5. The van der Waals surface area contributed by atoms with E-state index in [1.807, 2.05) is 24.3 Å². The fourth-order valence-corrected chi connectivity index (χ4v) is 2.71. The van der Waals surface area contributed by atoms with Crippen LogP contribution in [0.1, 0.15) is 16.8 Å². The van der Waals surface area contributed by atoms with Crippen LogP contribution in [0.25, 0.3) is 10.8 Å². The maximum Gasteiger partial charge on any atom is 0.337 e. The molecular weight excluding hydrogens is 256 g/mol. The number of ether oxygens (including phenoxy) is 1. The predicted octanol–water partition coefficient (Wildman–Crippen LogP) is 2.16. The lowest BCUT2D eigenvalue weighted by atomic mass is 10.1. The molecule has 0 radical (unpaired) electrons. The Morgan fingerprint density at radius 3 is 2.80 bits per heavy atom. The number of pyridine rings is 1. The van der Waals surface area contributed by atoms with Crippen LogP contribution >= 0.6 is 0 Å². The Kier molecular flexibility index (Phi) is 3.28. The van der Waals surface area contributed by atoms with Gasteiger partial charge in [-0.25, -0.2) is 9.78 Å². The third-order valence-corrected chi connectivity index (χ3v) is 3.78. The number of benzene rings is 1. The highest BCUT2D eigenvalue weighted by Crippen LogP contribution is 2.29. The minimum Gasteiger partial charge on any atom is -0.478 e. The summed E-state index contributed by atoms with van der Waals surface area (Å²) in [7, 11) is 1.72. The van der Waals surface area contributed by atoms with Crippen LogP contribution < -0.4 is 4.90 Å². The molecule has 2 aromatic rings. The van der Waals surface area contributed by atoms with E-state index >= 15 is 0 Å². The van der Waals surface area contributed by atoms with Crippen LogP contribution in [0.2, 0.25) is 0 Å². The smallest absolute Gasteiger partial charge is 0.337 e. The van der Waals surface area contributed by atoms with Gasteiger partial charge in [0, 0.05) is 37.2 Å². The lowest BCUT2D eigenvalue weighted by molar-refractivity contribution is 0.0698. The molecule has 0 amide bonds. The molecule has 1 aliphatic heterocycles. The highest BCUT2D eigenvalue weighted by Gasteiger charge is 2.25. The molecule has 2 heterocycles. The number of carbonyl (C=O) groups is 1. The van der Waals surface area contributed by atoms with Crippen LogP contribution in [0, 0.1) is 0 Å². The number of rotatable bonds is 3. The van der Waals surface area contributed by atoms with Gasteiger partial charge in [-0.2, -0.15) is 0 Å². The number of hydrogen-bond acceptors (Lipinski definition) is 4. The van der Waals surface area contributed by atoms with E-state index in [0.29, 0.717) is 0 Å². The van der Waals surface area contributed by atoms with E-state index in [9.17, 15) is 9.90 Å². The van der Waals surface area contributed by atoms with E-state index in [-0.39, 0.29) is 11.7 Å². The standard InChI is InChI=1S/C15H16N2O3/c1-20-10-6-7-17(9-10)14-12-5-3-2-4-11(12)13(8-16-14)15(18)19/h2-5,8,10H,6-7,9H2,1H3,(H,18,19). The molecule has 20 heavy (non-hydrogen) atoms. The Morgan fingerprint density at radius 1 is 1.40 bits per heavy atom. The summed E-state index contributed by atoms with van der Waals surface area (Å²) in [5.41, 5.74) is 0.242. The zero-order chi connectivity index (χ0) is 14.1. The summed E-state index contributed by atoms with van der Waals surface area (Å²) in [6, 6.07) is 7.50. The number of nitrogens with zero attached hydrogens (tertiary/aromatic N) is 2. The number of aromatic nitrogens is 1. The highest BCUT2D eigenvalue weighted by molar-refractivity contribution is 6.06. The molecule has 0 bridgehead atoms. The Hall–Kier alpha value is -2.14. The third-order valence-electron chi connectivity index (χ3n) is 3.78. The van der Waals surface area contributed by atoms with Gasteiger partial charge in [-0.3, -0.25) is 0 Å². The zero-order valence-electron chi connectivity index (χ0n) is 11.2. The molecule has 1 aromatic carbocycles. The third kappa shape index (κ3) is 2.10. The molecule has 1 unspecified atom stereocenters. The quantitative estimate of drug-likeness (QED) is 0.927. The van der Waals surface area contributed by atoms with Crippen molar-refractivity contribution < 1.29 is 14.6 Å². The minimum atomic E-state index is -0.948. The summed E-state index contributed by atoms with van der Waals surface area (Å²) < 4.78 is 5.37. The second kappa shape index (κ2) is 5.09. The molecule has 1 atom stereocenters. The van der Waals surface area contributed by atoms with Crippen molar-refractivity contribution in [2.45, 2.75) is 12.5 Å². The Bertz CT molecular complexity index is 657. The minimum absolute atomic E-state index is 0.217. The molecule has 0 spiro atoms. The number of aromatic carboxylic acids is 1. The fourth-order valence-electron chi connectivity index (χ4n) is 2.71. The topological polar surface area (TPSA) is 62.7 Å². The van der Waals surface area contributed by atoms with Crippen molar-refractivity contribution in [1.29, 1.82) is 0 Å². The Labute approximate surface area is 116 Å². The largest absolute Gasteiger partial charge is 0.478 e. The normalized spacial score (nSPS) is 18.6. The van der Waals surface area contributed by atoms with Crippen LogP contribution in [0.3, 0.4) is 0 Å². The molecule has 0 saturated carbocycles. The van der Waals surface area contributed by atoms with Crippen molar-refractivity contribution in [3.05, 3.63) is 36.0 Å². The van der Waals surface area contributed by atoms with Gasteiger partial charge in [-0.1, -0.05) is 24.3 Å². The summed E-state index contributed by atoms with van der Waals surface area (Å²) in [5, 5.41) is 10.9. The van der Waals surface area contributed by atoms with Crippen molar-refractivity contribution in [1.82, 2.24) is 4.98 Å². The van der Waals surface area contributed by atoms with Crippen LogP contribution in [-0.4, -0.2) is 42.4 Å². The van der Waals surface area contributed by atoms with Gasteiger partial charge in [-0.05, 0) is 6.42 Å². The molecule has 104 valence electrons. The summed E-state index contributed by atoms with van der Waals surface area (Å²) in [6.45, 7) is 1.67. The number of fused-ring (bicyclic) bond motifs is 1. The van der Waals surface area contributed by atoms with Gasteiger partial charge in [0.25, 0.3) is 0 Å². The van der Waals surface area contributed by atoms with E-state index in [2.05, 4.69) is 9.88 Å². The van der Waals surface area contributed by atoms with Crippen molar-refractivity contribution >= 4 is 22.6 Å². The van der Waals surface area contributed by atoms with Gasteiger partial charge in [0.05, 0.1) is 11.7 Å². The molecule has 5 nitrogen and oxygen atoms in total. The molecule has 1 N–H and O–H groups in total. The van der Waals surface area contributed by atoms with Crippen LogP contribution in [0.15, 0.2) is 30.5 Å². The molecule has 1 aliphatic rings. The van der Waals surface area contributed by atoms with E-state index in [4.69, 9.17) is 4.74 Å². The number of carboxylic acids is 1. The monoisotopic (exact) mass is 272 g/mol. The van der Waals surface area contributed by atoms with Gasteiger partial charge >= 0.3 is 5.97 Å². The van der Waals surface area contributed by atoms with E-state index in [1.165, 1.54) is 6.20 Å². The lowest BCUT2D eigenvalue weighted by Crippen LogP contribution is -2.23. The molecular formula is C15H16N2O3. The summed E-state index contributed by atoms with van der Waals surface area (Å²) in [6.07, 6.45) is 2.63. The lowest BCUT2D eigenvalue weighted by Gasteiger charge is -2.19. The first-order chi connectivity index (χ1) is 9.70. The van der Waals surface area contributed by atoms with E-state index in [1.54, 1.807) is 7.11 Å². The second-order valence-electron chi connectivity index (χ2n) is 4.94. The average molecular weight is 272 g/mol. The van der Waals surface area contributed by atoms with Crippen LogP contribution in [0.5, 0.6) is 0 Å². The molecule has 5 heteroatoms. The Balaban J connectivity index is 2.09. The van der Waals surface area contributed by atoms with Crippen LogP contribution in [0.4, 0.5) is 5.82 Å². The van der Waals surface area contributed by atoms with E-state index in [0.717, 1.165) is 36.1 Å². The average Bonchev–Trinajstić information content (AvgIpc) is 2.94. The summed E-state index contributed by atoms with van der Waals surface area (Å²) in [4.78, 5) is 17.8. The molecule has 1 aromatic heterocycles. The maximum atomic E-state index is 11.3. The predicted molar refractivity (Wildman–Crippen MR) is 76.3 cm³/mol. The number of anilines is 1. The second-order valence-corrected chi connectivity index (χ2v) is 4.94. The van der Waals surface area contributed by atoms with Crippen molar-refractivity contribution in [3.8, 4) is 0 Å². The molecule has 1 saturated heterocycles. The number of carboxylic acid groups (broad SMARTS) is 1. The SMILES string of the molecule is COC1CCN(c2ncc(C(=O)O)c3ccccc23)C1. The molecule has 0 aliphatic carbocycles. The fraction of sp³-hybridized carbons (Fsp3) is 0.333. The van der Waals surface area contributed by atoms with Gasteiger partial charge in [0.15, 0.2) is 0 Å². The van der Waals surface area contributed by atoms with Crippen molar-refractivity contribution in [3.63, 3.8) is 0 Å². The first-order valence-corrected chi connectivity index (χ1v) is 6.59. The van der Waals surface area contributed by atoms with Gasteiger partial charge in [-0.15, -0.1) is 0 Å².